The number of anilines is 1. The number of nitrogens with zero attached hydrogens (tertiary/aromatic N) is 3. The number of aliphatic hydroxyl groups is 1. The second-order valence-electron chi connectivity index (χ2n) is 6.36. The van der Waals surface area contributed by atoms with Crippen molar-refractivity contribution in [3.05, 3.63) is 29.3 Å². The summed E-state index contributed by atoms with van der Waals surface area (Å²) in [6.45, 7) is 3.86. The first kappa shape index (κ1) is 18.6. The standard InChI is InChI=1S/C17H19F3N4OS/c1-16(2)14(22)24(15(26)23(16)7-3-4-8-25)12-6-5-11(10-21)13(9-12)17(18,19)20/h5-6,9,22,25H,3-4,7-8H2,1-2H3/i6T. The minimum Gasteiger partial charge on any atom is -0.396 e. The van der Waals surface area contributed by atoms with Crippen LogP contribution in [0.25, 0.3) is 0 Å². The number of amidine groups is 1. The summed E-state index contributed by atoms with van der Waals surface area (Å²) >= 11 is 5.40. The molecule has 1 aromatic carbocycles. The SMILES string of the molecule is [3H]c1cc(C#N)c(C(F)(F)F)cc1N1C(=N)C(C)(C)N(CCCCO)C1=S. The molecule has 5 nitrogen and oxygen atoms in total. The molecule has 1 heterocycles. The Morgan fingerprint density at radius 2 is 2.08 bits per heavy atom. The Morgan fingerprint density at radius 3 is 2.62 bits per heavy atom. The fourth-order valence-electron chi connectivity index (χ4n) is 2.77. The number of thiocarbonyl (C=S) groups is 1. The fourth-order valence-corrected chi connectivity index (χ4v) is 3.28. The van der Waals surface area contributed by atoms with Crippen LogP contribution in [0.15, 0.2) is 18.2 Å². The molecule has 0 amide bonds. The van der Waals surface area contributed by atoms with E-state index in [0.717, 1.165) is 11.0 Å². The van der Waals surface area contributed by atoms with Gasteiger partial charge < -0.3 is 10.0 Å². The van der Waals surface area contributed by atoms with Crippen molar-refractivity contribution < 1.29 is 19.6 Å². The van der Waals surface area contributed by atoms with Crippen LogP contribution in [-0.4, -0.2) is 39.6 Å². The van der Waals surface area contributed by atoms with Gasteiger partial charge in [-0.3, -0.25) is 10.3 Å². The molecular weight excluding hydrogens is 365 g/mol. The summed E-state index contributed by atoms with van der Waals surface area (Å²) in [4.78, 5) is 2.85. The summed E-state index contributed by atoms with van der Waals surface area (Å²) < 4.78 is 48.0. The van der Waals surface area contributed by atoms with Gasteiger partial charge in [0.1, 0.15) is 5.84 Å². The molecule has 0 radical (unpaired) electrons. The number of halogens is 3. The number of unbranched alkanes of at least 4 members (excludes halogenated alkanes) is 1. The lowest BCUT2D eigenvalue weighted by Crippen LogP contribution is -2.44. The van der Waals surface area contributed by atoms with E-state index in [9.17, 15) is 13.2 Å². The fraction of sp³-hybridized carbons (Fsp3) is 0.471. The third-order valence-electron chi connectivity index (χ3n) is 4.29. The Labute approximate surface area is 156 Å². The maximum atomic E-state index is 13.3. The quantitative estimate of drug-likeness (QED) is 0.598. The van der Waals surface area contributed by atoms with Crippen LogP contribution >= 0.6 is 12.2 Å². The van der Waals surface area contributed by atoms with Crippen molar-refractivity contribution in [2.24, 2.45) is 0 Å². The van der Waals surface area contributed by atoms with Gasteiger partial charge in [0.25, 0.3) is 0 Å². The van der Waals surface area contributed by atoms with Gasteiger partial charge in [-0.25, -0.2) is 0 Å². The highest BCUT2D eigenvalue weighted by Crippen LogP contribution is 2.37. The molecular formula is C17H19F3N4OS. The van der Waals surface area contributed by atoms with Gasteiger partial charge >= 0.3 is 6.18 Å². The second-order valence-corrected chi connectivity index (χ2v) is 6.73. The van der Waals surface area contributed by atoms with Crippen LogP contribution in [0, 0.1) is 16.7 Å². The Kier molecular flexibility index (Phi) is 5.16. The largest absolute Gasteiger partial charge is 0.417 e. The van der Waals surface area contributed by atoms with E-state index in [4.69, 9.17) is 29.4 Å². The summed E-state index contributed by atoms with van der Waals surface area (Å²) in [7, 11) is 0. The first-order chi connectivity index (χ1) is 12.5. The van der Waals surface area contributed by atoms with Gasteiger partial charge in [-0.05, 0) is 57.1 Å². The first-order valence-corrected chi connectivity index (χ1v) is 8.31. The number of hydrogen-bond acceptors (Lipinski definition) is 4. The number of alkyl halides is 3. The van der Waals surface area contributed by atoms with Gasteiger partial charge in [0, 0.05) is 13.2 Å². The molecule has 0 bridgehead atoms. The van der Waals surface area contributed by atoms with Crippen molar-refractivity contribution in [2.75, 3.05) is 18.1 Å². The van der Waals surface area contributed by atoms with E-state index in [1.165, 1.54) is 6.07 Å². The summed E-state index contributed by atoms with van der Waals surface area (Å²) in [6.07, 6.45) is -3.65. The zero-order valence-electron chi connectivity index (χ0n) is 15.3. The topological polar surface area (TPSA) is 74.4 Å². The minimum atomic E-state index is -4.77. The van der Waals surface area contributed by atoms with Crippen LogP contribution in [0.2, 0.25) is 0 Å². The van der Waals surface area contributed by atoms with Crippen LogP contribution in [-0.2, 0) is 6.18 Å². The molecule has 0 aromatic heterocycles. The molecule has 140 valence electrons. The van der Waals surface area contributed by atoms with E-state index >= 15 is 0 Å². The van der Waals surface area contributed by atoms with Crippen LogP contribution in [0.1, 0.15) is 39.2 Å². The molecule has 0 saturated carbocycles. The number of benzene rings is 1. The first-order valence-electron chi connectivity index (χ1n) is 8.40. The predicted octanol–water partition coefficient (Wildman–Crippen LogP) is 3.51. The van der Waals surface area contributed by atoms with Crippen molar-refractivity contribution in [3.8, 4) is 6.07 Å². The van der Waals surface area contributed by atoms with Crippen LogP contribution in [0.5, 0.6) is 0 Å². The van der Waals surface area contributed by atoms with E-state index in [-0.39, 0.29) is 29.3 Å². The lowest BCUT2D eigenvalue weighted by atomic mass is 10.0. The van der Waals surface area contributed by atoms with E-state index in [1.54, 1.807) is 18.7 Å². The molecule has 1 fully saturated rings. The normalized spacial score (nSPS) is 17.5. The number of nitrogens with one attached hydrogen (secondary N) is 1. The number of hydrogen-bond donors (Lipinski definition) is 2. The summed E-state index contributed by atoms with van der Waals surface area (Å²) in [5, 5.41) is 26.5. The highest BCUT2D eigenvalue weighted by atomic mass is 32.1. The molecule has 0 aliphatic carbocycles. The lowest BCUT2D eigenvalue weighted by molar-refractivity contribution is -0.137. The van der Waals surface area contributed by atoms with Crippen LogP contribution in [0.4, 0.5) is 18.9 Å². The lowest BCUT2D eigenvalue weighted by Gasteiger charge is -2.30. The molecule has 0 spiro atoms. The van der Waals surface area contributed by atoms with Crippen molar-refractivity contribution in [2.45, 2.75) is 38.4 Å². The molecule has 0 unspecified atom stereocenters. The Morgan fingerprint density at radius 1 is 1.42 bits per heavy atom. The van der Waals surface area contributed by atoms with E-state index < -0.39 is 22.8 Å². The third-order valence-corrected chi connectivity index (χ3v) is 4.70. The molecule has 0 atom stereocenters. The zero-order valence-corrected chi connectivity index (χ0v) is 15.1. The molecule has 1 aliphatic heterocycles. The molecule has 26 heavy (non-hydrogen) atoms. The van der Waals surface area contributed by atoms with Gasteiger partial charge in [0.15, 0.2) is 5.11 Å². The average molecular weight is 386 g/mol. The molecule has 1 saturated heterocycles. The number of nitriles is 1. The van der Waals surface area contributed by atoms with Crippen molar-refractivity contribution >= 4 is 28.9 Å². The molecule has 2 rings (SSSR count). The zero-order chi connectivity index (χ0) is 20.6. The van der Waals surface area contributed by atoms with Gasteiger partial charge in [-0.2, -0.15) is 18.4 Å². The average Bonchev–Trinajstić information content (AvgIpc) is 2.73. The summed E-state index contributed by atoms with van der Waals surface area (Å²) in [6, 6.07) is 2.69. The molecule has 1 aliphatic rings. The van der Waals surface area contributed by atoms with Gasteiger partial charge in [-0.15, -0.1) is 0 Å². The smallest absolute Gasteiger partial charge is 0.396 e. The molecule has 1 aromatic rings. The van der Waals surface area contributed by atoms with E-state index in [0.29, 0.717) is 25.5 Å². The van der Waals surface area contributed by atoms with Crippen molar-refractivity contribution in [1.29, 1.82) is 10.7 Å². The van der Waals surface area contributed by atoms with Gasteiger partial charge in [0.2, 0.25) is 0 Å². The van der Waals surface area contributed by atoms with Crippen molar-refractivity contribution in [3.63, 3.8) is 0 Å². The maximum absolute atomic E-state index is 13.3. The second kappa shape index (κ2) is 7.21. The van der Waals surface area contributed by atoms with E-state index in [2.05, 4.69) is 0 Å². The Balaban J connectivity index is 2.53. The van der Waals surface area contributed by atoms with Crippen LogP contribution < -0.4 is 4.90 Å². The predicted molar refractivity (Wildman–Crippen MR) is 96.1 cm³/mol. The number of rotatable bonds is 5. The summed E-state index contributed by atoms with van der Waals surface area (Å²) in [5.74, 6) is -0.0529. The van der Waals surface area contributed by atoms with Crippen molar-refractivity contribution in [1.82, 2.24) is 4.90 Å². The molecule has 2 N–H and O–H groups in total. The maximum Gasteiger partial charge on any atom is 0.417 e. The van der Waals surface area contributed by atoms with Gasteiger partial charge in [0.05, 0.1) is 29.8 Å². The number of aliphatic hydroxyl groups excluding tert-OH is 1. The van der Waals surface area contributed by atoms with Crippen LogP contribution in [0.3, 0.4) is 0 Å². The third kappa shape index (κ3) is 3.52. The highest BCUT2D eigenvalue weighted by molar-refractivity contribution is 7.80. The Bertz CT molecular complexity index is 820. The monoisotopic (exact) mass is 386 g/mol. The highest BCUT2D eigenvalue weighted by Gasteiger charge is 2.46. The minimum absolute atomic E-state index is 0.00360. The van der Waals surface area contributed by atoms with E-state index in [1.807, 2.05) is 0 Å². The summed E-state index contributed by atoms with van der Waals surface area (Å²) in [5.41, 5.74) is -2.88. The Hall–Kier alpha value is -2.18. The molecule has 9 heteroatoms. The van der Waals surface area contributed by atoms with Gasteiger partial charge in [-0.1, -0.05) is 0 Å².